The Morgan fingerprint density at radius 1 is 1.20 bits per heavy atom. The second-order valence-electron chi connectivity index (χ2n) is 4.55. The molecule has 1 N–H and O–H groups in total. The van der Waals surface area contributed by atoms with Gasteiger partial charge in [0.05, 0.1) is 11.1 Å². The van der Waals surface area contributed by atoms with Crippen molar-refractivity contribution in [3.63, 3.8) is 0 Å². The minimum atomic E-state index is 0.151. The lowest BCUT2D eigenvalue weighted by atomic mass is 10.2. The van der Waals surface area contributed by atoms with Crippen LogP contribution in [-0.4, -0.2) is 18.8 Å². The van der Waals surface area contributed by atoms with Crippen molar-refractivity contribution in [3.8, 4) is 11.5 Å². The van der Waals surface area contributed by atoms with Crippen LogP contribution in [0.2, 0.25) is 0 Å². The summed E-state index contributed by atoms with van der Waals surface area (Å²) in [6.45, 7) is 3.16. The first kappa shape index (κ1) is 14.7. The average Bonchev–Trinajstić information content (AvgIpc) is 2.45. The van der Waals surface area contributed by atoms with Crippen LogP contribution in [-0.2, 0) is 6.54 Å². The van der Waals surface area contributed by atoms with Crippen LogP contribution in [0.5, 0.6) is 11.5 Å². The number of anilines is 1. The molecule has 0 aliphatic heterocycles. The molecule has 0 bridgehead atoms. The van der Waals surface area contributed by atoms with Gasteiger partial charge >= 0.3 is 0 Å². The van der Waals surface area contributed by atoms with E-state index < -0.39 is 0 Å². The van der Waals surface area contributed by atoms with E-state index in [4.69, 9.17) is 4.74 Å². The van der Waals surface area contributed by atoms with Gasteiger partial charge in [-0.25, -0.2) is 0 Å². The van der Waals surface area contributed by atoms with Gasteiger partial charge in [-0.3, -0.25) is 0 Å². The molecule has 0 unspecified atom stereocenters. The maximum absolute atomic E-state index is 9.92. The molecule has 0 saturated heterocycles. The third-order valence-electron chi connectivity index (χ3n) is 3.00. The van der Waals surface area contributed by atoms with E-state index in [9.17, 15) is 5.11 Å². The lowest BCUT2D eigenvalue weighted by molar-refractivity contribution is 0.317. The van der Waals surface area contributed by atoms with E-state index in [1.54, 1.807) is 0 Å². The van der Waals surface area contributed by atoms with Crippen molar-refractivity contribution < 1.29 is 9.84 Å². The highest BCUT2D eigenvalue weighted by molar-refractivity contribution is 9.10. The number of phenolic OH excluding ortho intramolecular Hbond substituents is 1. The van der Waals surface area contributed by atoms with Gasteiger partial charge in [0.1, 0.15) is 0 Å². The van der Waals surface area contributed by atoms with E-state index in [0.29, 0.717) is 16.8 Å². The van der Waals surface area contributed by atoms with E-state index in [-0.39, 0.29) is 5.75 Å². The highest BCUT2D eigenvalue weighted by Crippen LogP contribution is 2.36. The Bertz CT molecular complexity index is 572. The normalized spacial score (nSPS) is 10.3. The minimum Gasteiger partial charge on any atom is -0.503 e. The third kappa shape index (κ3) is 3.45. The van der Waals surface area contributed by atoms with Crippen LogP contribution < -0.4 is 9.64 Å². The molecule has 0 spiro atoms. The molecule has 0 amide bonds. The summed E-state index contributed by atoms with van der Waals surface area (Å²) in [6.07, 6.45) is 0. The zero-order chi connectivity index (χ0) is 14.5. The van der Waals surface area contributed by atoms with Gasteiger partial charge in [0.25, 0.3) is 0 Å². The van der Waals surface area contributed by atoms with Gasteiger partial charge in [-0.1, -0.05) is 18.2 Å². The van der Waals surface area contributed by atoms with Gasteiger partial charge in [-0.15, -0.1) is 0 Å². The molecule has 2 aromatic carbocycles. The summed E-state index contributed by atoms with van der Waals surface area (Å²) in [4.78, 5) is 2.15. The lowest BCUT2D eigenvalue weighted by Crippen LogP contribution is -2.16. The molecule has 0 atom stereocenters. The molecule has 2 rings (SSSR count). The summed E-state index contributed by atoms with van der Waals surface area (Å²) >= 11 is 3.36. The molecule has 3 nitrogen and oxygen atoms in total. The van der Waals surface area contributed by atoms with Crippen molar-refractivity contribution in [2.24, 2.45) is 0 Å². The van der Waals surface area contributed by atoms with Crippen LogP contribution in [0, 0.1) is 0 Å². The van der Waals surface area contributed by atoms with Crippen molar-refractivity contribution in [2.45, 2.75) is 13.5 Å². The summed E-state index contributed by atoms with van der Waals surface area (Å²) in [6, 6.07) is 14.0. The van der Waals surface area contributed by atoms with Crippen LogP contribution in [0.15, 0.2) is 46.9 Å². The number of benzene rings is 2. The van der Waals surface area contributed by atoms with Gasteiger partial charge < -0.3 is 14.7 Å². The van der Waals surface area contributed by atoms with E-state index in [1.807, 2.05) is 44.3 Å². The quantitative estimate of drug-likeness (QED) is 0.889. The Hall–Kier alpha value is -1.68. The highest BCUT2D eigenvalue weighted by atomic mass is 79.9. The monoisotopic (exact) mass is 335 g/mol. The standard InChI is InChI=1S/C16H18BrNO2/c1-3-20-15-10-12(9-14(17)16(15)19)11-18(2)13-7-5-4-6-8-13/h4-10,19H,3,11H2,1-2H3. The molecule has 0 aliphatic carbocycles. The fraction of sp³-hybridized carbons (Fsp3) is 0.250. The van der Waals surface area contributed by atoms with Crippen molar-refractivity contribution in [2.75, 3.05) is 18.6 Å². The molecule has 2 aromatic rings. The number of halogens is 1. The second kappa shape index (κ2) is 6.66. The zero-order valence-corrected chi connectivity index (χ0v) is 13.2. The van der Waals surface area contributed by atoms with Crippen molar-refractivity contribution in [1.29, 1.82) is 0 Å². The van der Waals surface area contributed by atoms with Gasteiger partial charge in [0, 0.05) is 19.3 Å². The van der Waals surface area contributed by atoms with Gasteiger partial charge in [0.2, 0.25) is 0 Å². The van der Waals surface area contributed by atoms with Gasteiger partial charge in [0.15, 0.2) is 11.5 Å². The van der Waals surface area contributed by atoms with Crippen molar-refractivity contribution >= 4 is 21.6 Å². The fourth-order valence-corrected chi connectivity index (χ4v) is 2.52. The number of hydrogen-bond acceptors (Lipinski definition) is 3. The Morgan fingerprint density at radius 2 is 1.90 bits per heavy atom. The molecule has 0 fully saturated rings. The molecule has 0 saturated carbocycles. The number of ether oxygens (including phenoxy) is 1. The van der Waals surface area contributed by atoms with Crippen molar-refractivity contribution in [3.05, 3.63) is 52.5 Å². The first-order valence-corrected chi connectivity index (χ1v) is 7.31. The minimum absolute atomic E-state index is 0.151. The van der Waals surface area contributed by atoms with Crippen LogP contribution in [0.4, 0.5) is 5.69 Å². The van der Waals surface area contributed by atoms with Crippen LogP contribution >= 0.6 is 15.9 Å². The fourth-order valence-electron chi connectivity index (χ4n) is 2.03. The molecule has 0 heterocycles. The predicted molar refractivity (Wildman–Crippen MR) is 85.5 cm³/mol. The Balaban J connectivity index is 2.21. The summed E-state index contributed by atoms with van der Waals surface area (Å²) in [5.74, 6) is 0.663. The number of phenols is 1. The average molecular weight is 336 g/mol. The Labute approximate surface area is 127 Å². The van der Waals surface area contributed by atoms with Crippen molar-refractivity contribution in [1.82, 2.24) is 0 Å². The number of rotatable bonds is 5. The Morgan fingerprint density at radius 3 is 2.55 bits per heavy atom. The van der Waals surface area contributed by atoms with E-state index >= 15 is 0 Å². The summed E-state index contributed by atoms with van der Waals surface area (Å²) in [7, 11) is 2.04. The number of aromatic hydroxyl groups is 1. The topological polar surface area (TPSA) is 32.7 Å². The largest absolute Gasteiger partial charge is 0.503 e. The molecular weight excluding hydrogens is 318 g/mol. The maximum Gasteiger partial charge on any atom is 0.172 e. The number of nitrogens with zero attached hydrogens (tertiary/aromatic N) is 1. The smallest absolute Gasteiger partial charge is 0.172 e. The van der Waals surface area contributed by atoms with Gasteiger partial charge in [-0.2, -0.15) is 0 Å². The lowest BCUT2D eigenvalue weighted by Gasteiger charge is -2.20. The summed E-state index contributed by atoms with van der Waals surface area (Å²) < 4.78 is 6.10. The summed E-state index contributed by atoms with van der Waals surface area (Å²) in [5, 5.41) is 9.92. The molecule has 0 aromatic heterocycles. The maximum atomic E-state index is 9.92. The molecule has 0 aliphatic rings. The number of hydrogen-bond donors (Lipinski definition) is 1. The first-order chi connectivity index (χ1) is 9.61. The van der Waals surface area contributed by atoms with E-state index in [0.717, 1.165) is 17.8 Å². The van der Waals surface area contributed by atoms with E-state index in [1.165, 1.54) is 0 Å². The predicted octanol–water partition coefficient (Wildman–Crippen LogP) is 4.19. The van der Waals surface area contributed by atoms with E-state index in [2.05, 4.69) is 33.0 Å². The molecule has 20 heavy (non-hydrogen) atoms. The van der Waals surface area contributed by atoms with Crippen LogP contribution in [0.25, 0.3) is 0 Å². The molecular formula is C16H18BrNO2. The number of para-hydroxylation sites is 1. The molecule has 0 radical (unpaired) electrons. The SMILES string of the molecule is CCOc1cc(CN(C)c2ccccc2)cc(Br)c1O. The zero-order valence-electron chi connectivity index (χ0n) is 11.6. The molecule has 4 heteroatoms. The van der Waals surface area contributed by atoms with Crippen LogP contribution in [0.3, 0.4) is 0 Å². The first-order valence-electron chi connectivity index (χ1n) is 6.52. The summed E-state index contributed by atoms with van der Waals surface area (Å²) in [5.41, 5.74) is 2.22. The second-order valence-corrected chi connectivity index (χ2v) is 5.40. The molecule has 106 valence electrons. The third-order valence-corrected chi connectivity index (χ3v) is 3.61. The Kier molecular flexibility index (Phi) is 4.90. The van der Waals surface area contributed by atoms with Gasteiger partial charge in [-0.05, 0) is 52.7 Å². The van der Waals surface area contributed by atoms with Crippen LogP contribution in [0.1, 0.15) is 12.5 Å². The highest BCUT2D eigenvalue weighted by Gasteiger charge is 2.10.